The van der Waals surface area contributed by atoms with E-state index in [1.54, 1.807) is 12.1 Å². The molecule has 1 aromatic carbocycles. The summed E-state index contributed by atoms with van der Waals surface area (Å²) in [6.45, 7) is 2.07. The molecule has 1 atom stereocenters. The van der Waals surface area contributed by atoms with Gasteiger partial charge in [-0.3, -0.25) is 4.79 Å². The van der Waals surface area contributed by atoms with Gasteiger partial charge in [0, 0.05) is 5.92 Å². The van der Waals surface area contributed by atoms with Gasteiger partial charge < -0.3 is 10.6 Å². The molecule has 1 heterocycles. The number of hydrogen-bond donors (Lipinski definition) is 2. The molecule has 1 saturated heterocycles. The summed E-state index contributed by atoms with van der Waals surface area (Å²) < 4.78 is 13.0. The molecule has 1 aliphatic heterocycles. The predicted octanol–water partition coefficient (Wildman–Crippen LogP) is 2.32. The molecule has 2 N–H and O–H groups in total. The highest BCUT2D eigenvalue weighted by Crippen LogP contribution is 2.59. The van der Waals surface area contributed by atoms with Crippen molar-refractivity contribution >= 4 is 5.91 Å². The quantitative estimate of drug-likeness (QED) is 0.896. The smallest absolute Gasteiger partial charge is 0.224 e. The molecule has 4 heteroatoms. The number of piperidine rings is 1. The van der Waals surface area contributed by atoms with Gasteiger partial charge in [-0.1, -0.05) is 12.1 Å². The highest BCUT2D eigenvalue weighted by molar-refractivity contribution is 5.84. The standard InChI is InChI=1S/C17H21FN2O/c18-13-3-1-12(2-4-13)17(5-6-17)20-15(21)14-11-16(14)7-9-19-10-8-16/h1-4,14,19H,5-11H2,(H,20,21). The van der Waals surface area contributed by atoms with Gasteiger partial charge in [0.1, 0.15) is 5.82 Å². The summed E-state index contributed by atoms with van der Waals surface area (Å²) in [5.74, 6) is 0.174. The normalized spacial score (nSPS) is 28.1. The second kappa shape index (κ2) is 4.54. The van der Waals surface area contributed by atoms with Crippen molar-refractivity contribution < 1.29 is 9.18 Å². The Hall–Kier alpha value is -1.42. The molecule has 3 aliphatic rings. The third-order valence-electron chi connectivity index (χ3n) is 5.61. The first-order valence-corrected chi connectivity index (χ1v) is 7.92. The lowest BCUT2D eigenvalue weighted by molar-refractivity contribution is -0.124. The lowest BCUT2D eigenvalue weighted by Gasteiger charge is -2.24. The highest BCUT2D eigenvalue weighted by Gasteiger charge is 2.59. The number of halogens is 1. The molecule has 1 amide bonds. The minimum absolute atomic E-state index is 0.192. The predicted molar refractivity (Wildman–Crippen MR) is 78.1 cm³/mol. The zero-order valence-electron chi connectivity index (χ0n) is 12.1. The molecule has 1 aromatic rings. The zero-order valence-corrected chi connectivity index (χ0v) is 12.1. The fraction of sp³-hybridized carbons (Fsp3) is 0.588. The molecule has 0 aromatic heterocycles. The fourth-order valence-electron chi connectivity index (χ4n) is 3.90. The van der Waals surface area contributed by atoms with Crippen molar-refractivity contribution in [2.45, 2.75) is 37.6 Å². The Kier molecular flexibility index (Phi) is 2.86. The molecular formula is C17H21FN2O. The van der Waals surface area contributed by atoms with Crippen LogP contribution in [0.3, 0.4) is 0 Å². The first-order chi connectivity index (χ1) is 10.1. The molecule has 3 fully saturated rings. The first-order valence-electron chi connectivity index (χ1n) is 7.92. The molecule has 112 valence electrons. The molecular weight excluding hydrogens is 267 g/mol. The van der Waals surface area contributed by atoms with Crippen molar-refractivity contribution in [1.82, 2.24) is 10.6 Å². The van der Waals surface area contributed by atoms with Crippen LogP contribution in [0.2, 0.25) is 0 Å². The molecule has 2 aliphatic carbocycles. The van der Waals surface area contributed by atoms with Gasteiger partial charge in [-0.05, 0) is 68.3 Å². The van der Waals surface area contributed by atoms with Crippen LogP contribution in [0.1, 0.15) is 37.7 Å². The van der Waals surface area contributed by atoms with Crippen LogP contribution in [0.15, 0.2) is 24.3 Å². The Bertz CT molecular complexity index is 559. The van der Waals surface area contributed by atoms with E-state index < -0.39 is 0 Å². The van der Waals surface area contributed by atoms with Crippen molar-refractivity contribution in [3.8, 4) is 0 Å². The van der Waals surface area contributed by atoms with Crippen LogP contribution < -0.4 is 10.6 Å². The van der Waals surface area contributed by atoms with E-state index in [9.17, 15) is 9.18 Å². The summed E-state index contributed by atoms with van der Waals surface area (Å²) in [5, 5.41) is 6.62. The van der Waals surface area contributed by atoms with Gasteiger partial charge in [-0.2, -0.15) is 0 Å². The molecule has 0 bridgehead atoms. The molecule has 0 radical (unpaired) electrons. The summed E-state index contributed by atoms with van der Waals surface area (Å²) in [5.41, 5.74) is 1.09. The molecule has 3 nitrogen and oxygen atoms in total. The van der Waals surface area contributed by atoms with Gasteiger partial charge >= 0.3 is 0 Å². The van der Waals surface area contributed by atoms with Crippen LogP contribution in [-0.4, -0.2) is 19.0 Å². The van der Waals surface area contributed by atoms with Crippen LogP contribution in [-0.2, 0) is 10.3 Å². The molecule has 21 heavy (non-hydrogen) atoms. The molecule has 1 unspecified atom stereocenters. The summed E-state index contributed by atoms with van der Waals surface area (Å²) >= 11 is 0. The largest absolute Gasteiger partial charge is 0.346 e. The van der Waals surface area contributed by atoms with E-state index in [-0.39, 0.29) is 28.6 Å². The third-order valence-corrected chi connectivity index (χ3v) is 5.61. The average molecular weight is 288 g/mol. The van der Waals surface area contributed by atoms with E-state index in [2.05, 4.69) is 10.6 Å². The number of nitrogens with one attached hydrogen (secondary N) is 2. The maximum Gasteiger partial charge on any atom is 0.224 e. The van der Waals surface area contributed by atoms with Crippen LogP contribution in [0.4, 0.5) is 4.39 Å². The number of rotatable bonds is 3. The summed E-state index contributed by atoms with van der Waals surface area (Å²) in [4.78, 5) is 12.6. The number of carbonyl (C=O) groups excluding carboxylic acids is 1. The average Bonchev–Trinajstić information content (AvgIpc) is 3.39. The lowest BCUT2D eigenvalue weighted by Crippen LogP contribution is -2.38. The monoisotopic (exact) mass is 288 g/mol. The van der Waals surface area contributed by atoms with Gasteiger partial charge in [0.25, 0.3) is 0 Å². The van der Waals surface area contributed by atoms with Crippen LogP contribution in [0, 0.1) is 17.2 Å². The van der Waals surface area contributed by atoms with Gasteiger partial charge in [-0.25, -0.2) is 4.39 Å². The Balaban J connectivity index is 1.44. The number of carbonyl (C=O) groups is 1. The van der Waals surface area contributed by atoms with E-state index in [1.165, 1.54) is 12.1 Å². The van der Waals surface area contributed by atoms with Crippen LogP contribution in [0.5, 0.6) is 0 Å². The van der Waals surface area contributed by atoms with Crippen molar-refractivity contribution in [2.24, 2.45) is 11.3 Å². The van der Waals surface area contributed by atoms with E-state index in [0.29, 0.717) is 0 Å². The first kappa shape index (κ1) is 13.3. The van der Waals surface area contributed by atoms with E-state index in [4.69, 9.17) is 0 Å². The molecule has 4 rings (SSSR count). The lowest BCUT2D eigenvalue weighted by atomic mass is 9.91. The van der Waals surface area contributed by atoms with Crippen molar-refractivity contribution in [1.29, 1.82) is 0 Å². The molecule has 1 spiro atoms. The topological polar surface area (TPSA) is 41.1 Å². The second-order valence-corrected chi connectivity index (χ2v) is 6.95. The number of benzene rings is 1. The Morgan fingerprint density at radius 1 is 1.14 bits per heavy atom. The maximum absolute atomic E-state index is 13.0. The van der Waals surface area contributed by atoms with E-state index in [1.807, 2.05) is 0 Å². The Labute approximate surface area is 124 Å². The minimum atomic E-state index is -0.225. The number of hydrogen-bond acceptors (Lipinski definition) is 2. The number of amides is 1. The third kappa shape index (κ3) is 2.26. The summed E-state index contributed by atoms with van der Waals surface area (Å²) in [7, 11) is 0. The van der Waals surface area contributed by atoms with Crippen LogP contribution in [0.25, 0.3) is 0 Å². The maximum atomic E-state index is 13.0. The van der Waals surface area contributed by atoms with Gasteiger partial charge in [-0.15, -0.1) is 0 Å². The fourth-order valence-corrected chi connectivity index (χ4v) is 3.90. The van der Waals surface area contributed by atoms with Crippen molar-refractivity contribution in [3.63, 3.8) is 0 Å². The van der Waals surface area contributed by atoms with E-state index >= 15 is 0 Å². The SMILES string of the molecule is O=C(NC1(c2ccc(F)cc2)CC1)C1CC12CCNCC2. The summed E-state index contributed by atoms with van der Waals surface area (Å²) in [6.07, 6.45) is 5.21. The Morgan fingerprint density at radius 3 is 2.43 bits per heavy atom. The van der Waals surface area contributed by atoms with Gasteiger partial charge in [0.05, 0.1) is 5.54 Å². The van der Waals surface area contributed by atoms with E-state index in [0.717, 1.165) is 50.8 Å². The highest BCUT2D eigenvalue weighted by atomic mass is 19.1. The minimum Gasteiger partial charge on any atom is -0.346 e. The van der Waals surface area contributed by atoms with Gasteiger partial charge in [0.15, 0.2) is 0 Å². The second-order valence-electron chi connectivity index (χ2n) is 6.95. The zero-order chi connectivity index (χ0) is 14.5. The van der Waals surface area contributed by atoms with Gasteiger partial charge in [0.2, 0.25) is 5.91 Å². The Morgan fingerprint density at radius 2 is 1.81 bits per heavy atom. The van der Waals surface area contributed by atoms with Crippen molar-refractivity contribution in [2.75, 3.05) is 13.1 Å². The van der Waals surface area contributed by atoms with Crippen molar-refractivity contribution in [3.05, 3.63) is 35.6 Å². The summed E-state index contributed by atoms with van der Waals surface area (Å²) in [6, 6.07) is 6.56. The molecule has 2 saturated carbocycles. The van der Waals surface area contributed by atoms with Crippen LogP contribution >= 0.6 is 0 Å².